The van der Waals surface area contributed by atoms with Crippen molar-refractivity contribution >= 4 is 11.4 Å². The monoisotopic (exact) mass is 236 g/mol. The number of nitro benzene ring substituents is 1. The number of hydrogen-bond acceptors (Lipinski definition) is 4. The minimum absolute atomic E-state index is 0.0181. The van der Waals surface area contributed by atoms with Crippen LogP contribution in [-0.2, 0) is 0 Å². The van der Waals surface area contributed by atoms with Gasteiger partial charge in [-0.1, -0.05) is 18.2 Å². The first-order valence-electron chi connectivity index (χ1n) is 5.37. The molecule has 1 aromatic carbocycles. The van der Waals surface area contributed by atoms with Gasteiger partial charge in [-0.05, 0) is 25.5 Å². The largest absolute Gasteiger partial charge is 0.490 e. The number of para-hydroxylation sites is 1. The maximum Gasteiger partial charge on any atom is 0.333 e. The van der Waals surface area contributed by atoms with E-state index in [-0.39, 0.29) is 11.4 Å². The second-order valence-corrected chi connectivity index (χ2v) is 3.40. The Bertz CT molecular complexity index is 416. The van der Waals surface area contributed by atoms with E-state index in [0.29, 0.717) is 12.2 Å². The fraction of sp³-hybridized carbons (Fsp3) is 0.333. The highest BCUT2D eigenvalue weighted by Crippen LogP contribution is 2.34. The lowest BCUT2D eigenvalue weighted by atomic mass is 10.2. The van der Waals surface area contributed by atoms with Crippen molar-refractivity contribution < 1.29 is 9.66 Å². The normalized spacial score (nSPS) is 10.5. The number of ether oxygens (including phenoxy) is 1. The van der Waals surface area contributed by atoms with Gasteiger partial charge in [0.05, 0.1) is 12.0 Å². The zero-order valence-corrected chi connectivity index (χ0v) is 9.97. The first-order valence-corrected chi connectivity index (χ1v) is 5.37. The highest BCUT2D eigenvalue weighted by Gasteiger charge is 2.19. The predicted octanol–water partition coefficient (Wildman–Crippen LogP) is 2.98. The third-order valence-electron chi connectivity index (χ3n) is 2.26. The zero-order valence-electron chi connectivity index (χ0n) is 9.97. The second-order valence-electron chi connectivity index (χ2n) is 3.40. The average molecular weight is 236 g/mol. The van der Waals surface area contributed by atoms with Gasteiger partial charge in [0.15, 0.2) is 5.75 Å². The summed E-state index contributed by atoms with van der Waals surface area (Å²) in [6.45, 7) is 2.59. The van der Waals surface area contributed by atoms with Crippen molar-refractivity contribution in [3.8, 4) is 5.75 Å². The van der Waals surface area contributed by atoms with Crippen molar-refractivity contribution in [2.75, 3.05) is 19.0 Å². The number of methoxy groups -OCH3 is 1. The number of allylic oxidation sites excluding steroid dienone is 1. The fourth-order valence-corrected chi connectivity index (χ4v) is 1.47. The van der Waals surface area contributed by atoms with Crippen LogP contribution in [-0.4, -0.2) is 18.6 Å². The molecule has 0 spiro atoms. The van der Waals surface area contributed by atoms with Crippen LogP contribution >= 0.6 is 0 Å². The molecule has 0 saturated heterocycles. The summed E-state index contributed by atoms with van der Waals surface area (Å²) in [5, 5.41) is 14.0. The lowest BCUT2D eigenvalue weighted by Crippen LogP contribution is -2.04. The summed E-state index contributed by atoms with van der Waals surface area (Å²) >= 11 is 0. The van der Waals surface area contributed by atoms with Crippen LogP contribution in [0.5, 0.6) is 5.75 Å². The van der Waals surface area contributed by atoms with Crippen LogP contribution in [0.4, 0.5) is 11.4 Å². The van der Waals surface area contributed by atoms with Crippen LogP contribution in [0.15, 0.2) is 30.4 Å². The standard InChI is InChI=1S/C12H16N2O3/c1-3-4-5-9-13-10-7-6-8-11(17-2)12(10)14(15)16/h3-4,6-8,13H,5,9H2,1-2H3/b4-3+. The van der Waals surface area contributed by atoms with E-state index in [4.69, 9.17) is 4.74 Å². The smallest absolute Gasteiger partial charge is 0.333 e. The van der Waals surface area contributed by atoms with Crippen LogP contribution < -0.4 is 10.1 Å². The average Bonchev–Trinajstić information content (AvgIpc) is 2.33. The van der Waals surface area contributed by atoms with Crippen LogP contribution in [0.3, 0.4) is 0 Å². The first kappa shape index (κ1) is 13.0. The minimum Gasteiger partial charge on any atom is -0.490 e. The van der Waals surface area contributed by atoms with E-state index in [2.05, 4.69) is 5.32 Å². The van der Waals surface area contributed by atoms with Gasteiger partial charge in [-0.2, -0.15) is 0 Å². The van der Waals surface area contributed by atoms with Crippen molar-refractivity contribution in [3.63, 3.8) is 0 Å². The Balaban J connectivity index is 2.86. The second kappa shape index (κ2) is 6.52. The van der Waals surface area contributed by atoms with Gasteiger partial charge in [0.1, 0.15) is 5.69 Å². The van der Waals surface area contributed by atoms with Crippen molar-refractivity contribution in [3.05, 3.63) is 40.5 Å². The number of nitro groups is 1. The topological polar surface area (TPSA) is 64.4 Å². The lowest BCUT2D eigenvalue weighted by molar-refractivity contribution is -0.384. The van der Waals surface area contributed by atoms with Crippen LogP contribution in [0, 0.1) is 10.1 Å². The molecule has 1 N–H and O–H groups in total. The molecule has 0 amide bonds. The predicted molar refractivity (Wildman–Crippen MR) is 67.6 cm³/mol. The van der Waals surface area contributed by atoms with E-state index < -0.39 is 4.92 Å². The van der Waals surface area contributed by atoms with Crippen molar-refractivity contribution in [2.24, 2.45) is 0 Å². The van der Waals surface area contributed by atoms with Crippen LogP contribution in [0.25, 0.3) is 0 Å². The van der Waals surface area contributed by atoms with E-state index in [1.807, 2.05) is 19.1 Å². The Morgan fingerprint density at radius 3 is 2.88 bits per heavy atom. The van der Waals surface area contributed by atoms with E-state index in [1.54, 1.807) is 18.2 Å². The number of benzene rings is 1. The molecule has 92 valence electrons. The van der Waals surface area contributed by atoms with E-state index in [9.17, 15) is 10.1 Å². The molecule has 0 aliphatic rings. The Morgan fingerprint density at radius 2 is 2.29 bits per heavy atom. The van der Waals surface area contributed by atoms with Crippen molar-refractivity contribution in [1.29, 1.82) is 0 Å². The molecule has 1 aromatic rings. The molecule has 5 heteroatoms. The van der Waals surface area contributed by atoms with Crippen molar-refractivity contribution in [1.82, 2.24) is 0 Å². The van der Waals surface area contributed by atoms with Gasteiger partial charge in [-0.25, -0.2) is 0 Å². The minimum atomic E-state index is -0.434. The van der Waals surface area contributed by atoms with Gasteiger partial charge in [0, 0.05) is 6.54 Å². The molecule has 0 saturated carbocycles. The summed E-state index contributed by atoms with van der Waals surface area (Å²) in [6, 6.07) is 4.98. The van der Waals surface area contributed by atoms with Crippen LogP contribution in [0.1, 0.15) is 13.3 Å². The molecule has 5 nitrogen and oxygen atoms in total. The third-order valence-corrected chi connectivity index (χ3v) is 2.26. The summed E-state index contributed by atoms with van der Waals surface area (Å²) in [4.78, 5) is 10.5. The molecular formula is C12H16N2O3. The molecule has 0 radical (unpaired) electrons. The number of nitrogens with one attached hydrogen (secondary N) is 1. The molecule has 0 aliphatic heterocycles. The molecule has 0 unspecified atom stereocenters. The lowest BCUT2D eigenvalue weighted by Gasteiger charge is -2.08. The summed E-state index contributed by atoms with van der Waals surface area (Å²) in [6.07, 6.45) is 4.77. The van der Waals surface area contributed by atoms with Gasteiger partial charge in [-0.15, -0.1) is 0 Å². The molecule has 17 heavy (non-hydrogen) atoms. The number of rotatable bonds is 6. The van der Waals surface area contributed by atoms with Gasteiger partial charge in [-0.3, -0.25) is 10.1 Å². The summed E-state index contributed by atoms with van der Waals surface area (Å²) in [7, 11) is 1.42. The zero-order chi connectivity index (χ0) is 12.7. The Hall–Kier alpha value is -2.04. The quantitative estimate of drug-likeness (QED) is 0.357. The molecule has 0 fully saturated rings. The summed E-state index contributed by atoms with van der Waals surface area (Å²) in [5.74, 6) is 0.269. The molecule has 1 rings (SSSR count). The Labute approximate surface area is 100 Å². The summed E-state index contributed by atoms with van der Waals surface area (Å²) in [5.41, 5.74) is 0.467. The van der Waals surface area contributed by atoms with Gasteiger partial charge in [0.25, 0.3) is 0 Å². The van der Waals surface area contributed by atoms with E-state index in [0.717, 1.165) is 6.42 Å². The molecule has 0 atom stereocenters. The fourth-order valence-electron chi connectivity index (χ4n) is 1.47. The number of anilines is 1. The van der Waals surface area contributed by atoms with E-state index >= 15 is 0 Å². The summed E-state index contributed by atoms with van der Waals surface area (Å²) < 4.78 is 4.98. The number of hydrogen-bond donors (Lipinski definition) is 1. The molecular weight excluding hydrogens is 220 g/mol. The van der Waals surface area contributed by atoms with Gasteiger partial charge < -0.3 is 10.1 Å². The van der Waals surface area contributed by atoms with Crippen LogP contribution in [0.2, 0.25) is 0 Å². The number of nitrogens with zero attached hydrogens (tertiary/aromatic N) is 1. The molecule has 0 aromatic heterocycles. The molecule has 0 heterocycles. The SMILES string of the molecule is C/C=C/CCNc1cccc(OC)c1[N+](=O)[O-]. The first-order chi connectivity index (χ1) is 8.20. The van der Waals surface area contributed by atoms with Gasteiger partial charge in [0.2, 0.25) is 0 Å². The third kappa shape index (κ3) is 3.48. The van der Waals surface area contributed by atoms with E-state index in [1.165, 1.54) is 7.11 Å². The Morgan fingerprint density at radius 1 is 1.53 bits per heavy atom. The highest BCUT2D eigenvalue weighted by atomic mass is 16.6. The molecule has 0 aliphatic carbocycles. The molecule has 0 bridgehead atoms. The van der Waals surface area contributed by atoms with Gasteiger partial charge >= 0.3 is 5.69 Å². The maximum absolute atomic E-state index is 11.0. The Kier molecular flexibility index (Phi) is 5.00. The van der Waals surface area contributed by atoms with Crippen molar-refractivity contribution in [2.45, 2.75) is 13.3 Å². The maximum atomic E-state index is 11.0. The highest BCUT2D eigenvalue weighted by molar-refractivity contribution is 5.68.